The molecule has 0 fully saturated rings. The summed E-state index contributed by atoms with van der Waals surface area (Å²) in [7, 11) is 1.29. The Balaban J connectivity index is 2.45. The van der Waals surface area contributed by atoms with Gasteiger partial charge in [-0.05, 0) is 18.7 Å². The molecule has 0 spiro atoms. The first-order valence-electron chi connectivity index (χ1n) is 5.99. The van der Waals surface area contributed by atoms with Gasteiger partial charge in [-0.2, -0.15) is 11.8 Å². The van der Waals surface area contributed by atoms with Gasteiger partial charge in [0.05, 0.1) is 13.5 Å². The van der Waals surface area contributed by atoms with Crippen LogP contribution in [0.2, 0.25) is 0 Å². The van der Waals surface area contributed by atoms with Crippen molar-refractivity contribution in [2.45, 2.75) is 26.9 Å². The fraction of sp³-hybridized carbons (Fsp3) is 0.538. The van der Waals surface area contributed by atoms with Crippen LogP contribution in [0.3, 0.4) is 0 Å². The Kier molecular flexibility index (Phi) is 6.49. The van der Waals surface area contributed by atoms with Crippen LogP contribution in [-0.2, 0) is 20.9 Å². The fourth-order valence-corrected chi connectivity index (χ4v) is 2.04. The van der Waals surface area contributed by atoms with E-state index in [2.05, 4.69) is 4.74 Å². The molecule has 1 aromatic rings. The number of esters is 2. The summed E-state index contributed by atoms with van der Waals surface area (Å²) in [5.41, 5.74) is 0.666. The van der Waals surface area contributed by atoms with Crippen LogP contribution in [-0.4, -0.2) is 30.6 Å². The number of hydrogen-bond acceptors (Lipinski definition) is 6. The monoisotopic (exact) mass is 286 g/mol. The maximum atomic E-state index is 11.4. The number of carbonyl (C=O) groups is 2. The standard InChI is InChI=1S/C13H18O5S/c1-4-19-6-5-11(14)17-8-10-7-9(2)12(18-10)13(15)16-3/h7H,4-6,8H2,1-3H3. The second kappa shape index (κ2) is 7.89. The van der Waals surface area contributed by atoms with E-state index in [1.54, 1.807) is 24.8 Å². The van der Waals surface area contributed by atoms with E-state index in [0.29, 0.717) is 17.7 Å². The maximum absolute atomic E-state index is 11.4. The molecule has 0 bridgehead atoms. The summed E-state index contributed by atoms with van der Waals surface area (Å²) in [4.78, 5) is 22.7. The molecule has 0 amide bonds. The molecule has 0 saturated carbocycles. The van der Waals surface area contributed by atoms with Crippen LogP contribution in [0.1, 0.15) is 35.2 Å². The lowest BCUT2D eigenvalue weighted by Gasteiger charge is -2.02. The first-order chi connectivity index (χ1) is 9.08. The molecule has 1 rings (SSSR count). The molecule has 0 atom stereocenters. The van der Waals surface area contributed by atoms with Crippen LogP contribution in [0.15, 0.2) is 10.5 Å². The lowest BCUT2D eigenvalue weighted by atomic mass is 10.2. The third-order valence-electron chi connectivity index (χ3n) is 2.37. The van der Waals surface area contributed by atoms with E-state index in [4.69, 9.17) is 9.15 Å². The van der Waals surface area contributed by atoms with Crippen molar-refractivity contribution in [3.63, 3.8) is 0 Å². The summed E-state index contributed by atoms with van der Waals surface area (Å²) >= 11 is 1.69. The van der Waals surface area contributed by atoms with Gasteiger partial charge in [-0.15, -0.1) is 0 Å². The van der Waals surface area contributed by atoms with Gasteiger partial charge in [0.25, 0.3) is 0 Å². The smallest absolute Gasteiger partial charge is 0.374 e. The summed E-state index contributed by atoms with van der Waals surface area (Å²) in [5.74, 6) is 1.51. The normalized spacial score (nSPS) is 10.3. The minimum Gasteiger partial charge on any atom is -0.463 e. The number of furan rings is 1. The number of hydrogen-bond donors (Lipinski definition) is 0. The molecule has 0 N–H and O–H groups in total. The van der Waals surface area contributed by atoms with E-state index >= 15 is 0 Å². The van der Waals surface area contributed by atoms with Crippen molar-refractivity contribution in [2.75, 3.05) is 18.6 Å². The van der Waals surface area contributed by atoms with Crippen LogP contribution in [0.4, 0.5) is 0 Å². The molecule has 0 aliphatic carbocycles. The van der Waals surface area contributed by atoms with Gasteiger partial charge in [-0.1, -0.05) is 6.92 Å². The Morgan fingerprint density at radius 1 is 1.42 bits per heavy atom. The molecule has 19 heavy (non-hydrogen) atoms. The van der Waals surface area contributed by atoms with Gasteiger partial charge in [0.1, 0.15) is 12.4 Å². The topological polar surface area (TPSA) is 65.7 Å². The number of carbonyl (C=O) groups excluding carboxylic acids is 2. The Hall–Kier alpha value is -1.43. The molecule has 6 heteroatoms. The predicted octanol–water partition coefficient (Wildman–Crippen LogP) is 2.56. The van der Waals surface area contributed by atoms with Crippen LogP contribution >= 0.6 is 11.8 Å². The van der Waals surface area contributed by atoms with E-state index in [-0.39, 0.29) is 18.3 Å². The number of thioether (sulfide) groups is 1. The highest BCUT2D eigenvalue weighted by Gasteiger charge is 2.16. The van der Waals surface area contributed by atoms with Crippen molar-refractivity contribution >= 4 is 23.7 Å². The van der Waals surface area contributed by atoms with Crippen LogP contribution in [0, 0.1) is 6.92 Å². The minimum atomic E-state index is -0.533. The zero-order valence-corrected chi connectivity index (χ0v) is 12.2. The Labute approximate surface area is 116 Å². The van der Waals surface area contributed by atoms with E-state index in [1.165, 1.54) is 7.11 Å². The molecule has 106 valence electrons. The van der Waals surface area contributed by atoms with Gasteiger partial charge in [-0.3, -0.25) is 4.79 Å². The number of aryl methyl sites for hydroxylation is 1. The first-order valence-corrected chi connectivity index (χ1v) is 7.15. The van der Waals surface area contributed by atoms with E-state index in [0.717, 1.165) is 11.5 Å². The Morgan fingerprint density at radius 3 is 2.79 bits per heavy atom. The summed E-state index contributed by atoms with van der Waals surface area (Å²) in [6.45, 7) is 3.81. The molecule has 1 aromatic heterocycles. The highest BCUT2D eigenvalue weighted by molar-refractivity contribution is 7.99. The van der Waals surface area contributed by atoms with Gasteiger partial charge in [0, 0.05) is 11.3 Å². The molecule has 0 saturated heterocycles. The average Bonchev–Trinajstić information content (AvgIpc) is 2.77. The van der Waals surface area contributed by atoms with Gasteiger partial charge in [0.15, 0.2) is 0 Å². The highest BCUT2D eigenvalue weighted by Crippen LogP contribution is 2.16. The number of methoxy groups -OCH3 is 1. The zero-order valence-electron chi connectivity index (χ0n) is 11.4. The minimum absolute atomic E-state index is 0.0352. The Bertz CT molecular complexity index is 438. The highest BCUT2D eigenvalue weighted by atomic mass is 32.2. The summed E-state index contributed by atoms with van der Waals surface area (Å²) < 4.78 is 14.9. The number of ether oxygens (including phenoxy) is 2. The SMILES string of the molecule is CCSCCC(=O)OCc1cc(C)c(C(=O)OC)o1. The van der Waals surface area contributed by atoms with Crippen molar-refractivity contribution in [1.82, 2.24) is 0 Å². The number of rotatable bonds is 7. The lowest BCUT2D eigenvalue weighted by Crippen LogP contribution is -2.05. The van der Waals surface area contributed by atoms with Gasteiger partial charge >= 0.3 is 11.9 Å². The molecule has 0 aliphatic rings. The second-order valence-corrected chi connectivity index (χ2v) is 5.22. The molecule has 1 heterocycles. The van der Waals surface area contributed by atoms with E-state index in [1.807, 2.05) is 6.92 Å². The predicted molar refractivity (Wildman–Crippen MR) is 72.2 cm³/mol. The van der Waals surface area contributed by atoms with Crippen LogP contribution in [0.5, 0.6) is 0 Å². The van der Waals surface area contributed by atoms with Crippen molar-refractivity contribution in [3.8, 4) is 0 Å². The molecule has 0 aliphatic heterocycles. The van der Waals surface area contributed by atoms with Crippen molar-refractivity contribution in [3.05, 3.63) is 23.2 Å². The van der Waals surface area contributed by atoms with Crippen molar-refractivity contribution in [1.29, 1.82) is 0 Å². The molecule has 0 radical (unpaired) electrons. The van der Waals surface area contributed by atoms with Crippen LogP contribution < -0.4 is 0 Å². The third-order valence-corrected chi connectivity index (χ3v) is 3.27. The quantitative estimate of drug-likeness (QED) is 0.567. The van der Waals surface area contributed by atoms with Gasteiger partial charge in [-0.25, -0.2) is 4.79 Å². The van der Waals surface area contributed by atoms with E-state index < -0.39 is 5.97 Å². The fourth-order valence-electron chi connectivity index (χ4n) is 1.44. The van der Waals surface area contributed by atoms with E-state index in [9.17, 15) is 9.59 Å². The van der Waals surface area contributed by atoms with Crippen molar-refractivity contribution in [2.24, 2.45) is 0 Å². The first kappa shape index (κ1) is 15.6. The maximum Gasteiger partial charge on any atom is 0.374 e. The summed E-state index contributed by atoms with van der Waals surface area (Å²) in [6, 6.07) is 1.67. The summed E-state index contributed by atoms with van der Waals surface area (Å²) in [6.07, 6.45) is 0.377. The largest absolute Gasteiger partial charge is 0.463 e. The average molecular weight is 286 g/mol. The van der Waals surface area contributed by atoms with Gasteiger partial charge < -0.3 is 13.9 Å². The zero-order chi connectivity index (χ0) is 14.3. The lowest BCUT2D eigenvalue weighted by molar-refractivity contribution is -0.144. The summed E-state index contributed by atoms with van der Waals surface area (Å²) in [5, 5.41) is 0. The molecule has 0 aromatic carbocycles. The van der Waals surface area contributed by atoms with Crippen LogP contribution in [0.25, 0.3) is 0 Å². The molecule has 0 unspecified atom stereocenters. The Morgan fingerprint density at radius 2 is 2.16 bits per heavy atom. The third kappa shape index (κ3) is 4.98. The molecular weight excluding hydrogens is 268 g/mol. The molecular formula is C13H18O5S. The van der Waals surface area contributed by atoms with Crippen molar-refractivity contribution < 1.29 is 23.5 Å². The molecule has 5 nitrogen and oxygen atoms in total. The second-order valence-electron chi connectivity index (χ2n) is 3.82. The van der Waals surface area contributed by atoms with Gasteiger partial charge in [0.2, 0.25) is 5.76 Å².